The monoisotopic (exact) mass is 355 g/mol. The summed E-state index contributed by atoms with van der Waals surface area (Å²) in [6.07, 6.45) is 2.96. The number of thiazole rings is 1. The third-order valence-corrected chi connectivity index (χ3v) is 5.22. The summed E-state index contributed by atoms with van der Waals surface area (Å²) in [6, 6.07) is 14.5. The van der Waals surface area contributed by atoms with Gasteiger partial charge in [0.25, 0.3) is 0 Å². The van der Waals surface area contributed by atoms with Gasteiger partial charge in [-0.05, 0) is 29.3 Å². The Labute approximate surface area is 150 Å². The molecule has 2 aromatic heterocycles. The van der Waals surface area contributed by atoms with E-state index < -0.39 is 0 Å². The van der Waals surface area contributed by atoms with E-state index in [0.717, 1.165) is 16.9 Å². The molecule has 124 valence electrons. The normalized spacial score (nSPS) is 12.5. The summed E-state index contributed by atoms with van der Waals surface area (Å²) in [5, 5.41) is 8.92. The molecule has 0 fully saturated rings. The van der Waals surface area contributed by atoms with Crippen LogP contribution in [0.4, 0.5) is 0 Å². The van der Waals surface area contributed by atoms with Gasteiger partial charge in [-0.1, -0.05) is 50.2 Å². The second-order valence-corrected chi connectivity index (χ2v) is 7.71. The van der Waals surface area contributed by atoms with Crippen LogP contribution in [0.15, 0.2) is 63.3 Å². The summed E-state index contributed by atoms with van der Waals surface area (Å²) in [4.78, 5) is 6.93. The van der Waals surface area contributed by atoms with E-state index in [4.69, 9.17) is 4.99 Å². The molecule has 1 aromatic carbocycles. The lowest BCUT2D eigenvalue weighted by molar-refractivity contribution is 0.685. The highest BCUT2D eigenvalue weighted by Gasteiger charge is 2.08. The average Bonchev–Trinajstić information content (AvgIpc) is 3.23. The number of aromatic nitrogens is 1. The highest BCUT2D eigenvalue weighted by molar-refractivity contribution is 7.14. The molecule has 5 heteroatoms. The van der Waals surface area contributed by atoms with Crippen LogP contribution < -0.4 is 4.80 Å². The minimum Gasteiger partial charge on any atom is -0.253 e. The fourth-order valence-electron chi connectivity index (χ4n) is 2.20. The molecule has 3 rings (SSSR count). The Bertz CT molecular complexity index is 840. The maximum atomic E-state index is 4.78. The van der Waals surface area contributed by atoms with Crippen LogP contribution in [0.2, 0.25) is 0 Å². The van der Waals surface area contributed by atoms with Gasteiger partial charge in [0.1, 0.15) is 0 Å². The summed E-state index contributed by atoms with van der Waals surface area (Å²) in [5.74, 6) is 0.600. The zero-order valence-corrected chi connectivity index (χ0v) is 15.6. The molecule has 0 amide bonds. The van der Waals surface area contributed by atoms with Crippen molar-refractivity contribution >= 4 is 28.9 Å². The SMILES string of the molecule is CC(C)CC=Nn1c(-c2cccs2)csc1=NCc1ccccc1. The van der Waals surface area contributed by atoms with E-state index in [0.29, 0.717) is 12.5 Å². The molecule has 0 N–H and O–H groups in total. The molecule has 24 heavy (non-hydrogen) atoms. The van der Waals surface area contributed by atoms with Gasteiger partial charge >= 0.3 is 0 Å². The van der Waals surface area contributed by atoms with E-state index in [2.05, 4.69) is 54.0 Å². The molecular weight excluding hydrogens is 334 g/mol. The molecule has 2 heterocycles. The van der Waals surface area contributed by atoms with E-state index in [1.165, 1.54) is 10.4 Å². The van der Waals surface area contributed by atoms with Gasteiger partial charge in [0.15, 0.2) is 0 Å². The molecular formula is C19H21N3S2. The predicted octanol–water partition coefficient (Wildman–Crippen LogP) is 5.26. The van der Waals surface area contributed by atoms with Crippen LogP contribution in [0, 0.1) is 5.92 Å². The Morgan fingerprint density at radius 1 is 1.08 bits per heavy atom. The number of thiophene rings is 1. The van der Waals surface area contributed by atoms with Gasteiger partial charge < -0.3 is 0 Å². The Kier molecular flexibility index (Phi) is 5.77. The topological polar surface area (TPSA) is 29.6 Å². The quantitative estimate of drug-likeness (QED) is 0.540. The molecule has 0 atom stereocenters. The third-order valence-electron chi connectivity index (χ3n) is 3.47. The van der Waals surface area contributed by atoms with Crippen molar-refractivity contribution in [2.45, 2.75) is 26.8 Å². The average molecular weight is 356 g/mol. The van der Waals surface area contributed by atoms with Crippen LogP contribution in [-0.2, 0) is 6.54 Å². The first kappa shape index (κ1) is 16.9. The largest absolute Gasteiger partial charge is 0.253 e. The van der Waals surface area contributed by atoms with Gasteiger partial charge in [-0.2, -0.15) is 5.10 Å². The molecule has 3 aromatic rings. The van der Waals surface area contributed by atoms with Gasteiger partial charge in [-0.3, -0.25) is 4.99 Å². The first-order chi connectivity index (χ1) is 11.7. The third kappa shape index (κ3) is 4.30. The van der Waals surface area contributed by atoms with Crippen molar-refractivity contribution in [3.63, 3.8) is 0 Å². The van der Waals surface area contributed by atoms with Crippen molar-refractivity contribution in [3.05, 3.63) is 63.6 Å². The maximum absolute atomic E-state index is 4.78. The van der Waals surface area contributed by atoms with E-state index in [-0.39, 0.29) is 0 Å². The van der Waals surface area contributed by atoms with Crippen molar-refractivity contribution in [1.29, 1.82) is 0 Å². The molecule has 0 saturated heterocycles. The molecule has 0 saturated carbocycles. The Morgan fingerprint density at radius 3 is 2.62 bits per heavy atom. The molecule has 0 aliphatic heterocycles. The molecule has 0 bridgehead atoms. The molecule has 0 unspecified atom stereocenters. The van der Waals surface area contributed by atoms with Crippen LogP contribution in [0.25, 0.3) is 10.6 Å². The lowest BCUT2D eigenvalue weighted by atomic mass is 10.2. The molecule has 3 nitrogen and oxygen atoms in total. The van der Waals surface area contributed by atoms with Crippen LogP contribution in [0.3, 0.4) is 0 Å². The standard InChI is InChI=1S/C19H21N3S2/c1-15(2)10-11-21-22-17(18-9-6-12-23-18)14-24-19(22)20-13-16-7-4-3-5-8-16/h3-9,11-12,14-15H,10,13H2,1-2H3. The number of hydrogen-bond donors (Lipinski definition) is 0. The minimum absolute atomic E-state index is 0.600. The first-order valence-electron chi connectivity index (χ1n) is 8.05. The van der Waals surface area contributed by atoms with Gasteiger partial charge in [-0.15, -0.1) is 22.7 Å². The fourth-order valence-corrected chi connectivity index (χ4v) is 3.83. The Balaban J connectivity index is 1.95. The van der Waals surface area contributed by atoms with Crippen molar-refractivity contribution in [3.8, 4) is 10.6 Å². The molecule has 0 aliphatic carbocycles. The lowest BCUT2D eigenvalue weighted by Gasteiger charge is -2.02. The number of hydrogen-bond acceptors (Lipinski definition) is 4. The first-order valence-corrected chi connectivity index (χ1v) is 9.81. The van der Waals surface area contributed by atoms with Crippen molar-refractivity contribution in [2.24, 2.45) is 16.0 Å². The maximum Gasteiger partial charge on any atom is 0.206 e. The predicted molar refractivity (Wildman–Crippen MR) is 105 cm³/mol. The van der Waals surface area contributed by atoms with E-state index in [9.17, 15) is 0 Å². The summed E-state index contributed by atoms with van der Waals surface area (Å²) >= 11 is 3.37. The van der Waals surface area contributed by atoms with Gasteiger partial charge in [-0.25, -0.2) is 4.68 Å². The van der Waals surface area contributed by atoms with Gasteiger partial charge in [0.05, 0.1) is 17.1 Å². The number of nitrogens with zero attached hydrogens (tertiary/aromatic N) is 3. The van der Waals surface area contributed by atoms with Crippen LogP contribution in [-0.4, -0.2) is 10.9 Å². The van der Waals surface area contributed by atoms with Gasteiger partial charge in [0, 0.05) is 11.6 Å². The van der Waals surface area contributed by atoms with Crippen LogP contribution in [0.5, 0.6) is 0 Å². The molecule has 0 aliphatic rings. The molecule has 0 radical (unpaired) electrons. The van der Waals surface area contributed by atoms with E-state index in [1.807, 2.05) is 29.1 Å². The van der Waals surface area contributed by atoms with Crippen LogP contribution in [0.1, 0.15) is 25.8 Å². The number of rotatable bonds is 6. The summed E-state index contributed by atoms with van der Waals surface area (Å²) in [6.45, 7) is 5.07. The smallest absolute Gasteiger partial charge is 0.206 e. The summed E-state index contributed by atoms with van der Waals surface area (Å²) < 4.78 is 1.97. The fraction of sp³-hybridized carbons (Fsp3) is 0.263. The highest BCUT2D eigenvalue weighted by atomic mass is 32.1. The highest BCUT2D eigenvalue weighted by Crippen LogP contribution is 2.25. The Morgan fingerprint density at radius 2 is 1.92 bits per heavy atom. The Hall–Kier alpha value is -1.98. The second-order valence-electron chi connectivity index (χ2n) is 5.92. The van der Waals surface area contributed by atoms with Crippen molar-refractivity contribution in [1.82, 2.24) is 4.68 Å². The second kappa shape index (κ2) is 8.22. The summed E-state index contributed by atoms with van der Waals surface area (Å²) in [5.41, 5.74) is 2.32. The van der Waals surface area contributed by atoms with E-state index >= 15 is 0 Å². The zero-order chi connectivity index (χ0) is 16.8. The van der Waals surface area contributed by atoms with Crippen LogP contribution >= 0.6 is 22.7 Å². The number of benzene rings is 1. The van der Waals surface area contributed by atoms with Gasteiger partial charge in [0.2, 0.25) is 4.80 Å². The van der Waals surface area contributed by atoms with Crippen molar-refractivity contribution < 1.29 is 0 Å². The zero-order valence-electron chi connectivity index (χ0n) is 13.9. The molecule has 0 spiro atoms. The summed E-state index contributed by atoms with van der Waals surface area (Å²) in [7, 11) is 0. The van der Waals surface area contributed by atoms with Crippen molar-refractivity contribution in [2.75, 3.05) is 0 Å². The lowest BCUT2D eigenvalue weighted by Crippen LogP contribution is -2.12. The van der Waals surface area contributed by atoms with E-state index in [1.54, 1.807) is 22.7 Å². The minimum atomic E-state index is 0.600.